The summed E-state index contributed by atoms with van der Waals surface area (Å²) in [6.07, 6.45) is 2.20. The Morgan fingerprint density at radius 1 is 1.06 bits per heavy atom. The van der Waals surface area contributed by atoms with Gasteiger partial charge in [0.05, 0.1) is 12.6 Å². The van der Waals surface area contributed by atoms with E-state index in [1.165, 1.54) is 0 Å². The van der Waals surface area contributed by atoms with Gasteiger partial charge in [-0.3, -0.25) is 4.57 Å². The van der Waals surface area contributed by atoms with Crippen molar-refractivity contribution >= 4 is 45.1 Å². The number of nitrogens with zero attached hydrogens (tertiary/aromatic N) is 3. The molecule has 176 valence electrons. The van der Waals surface area contributed by atoms with E-state index in [1.807, 2.05) is 48.5 Å². The maximum absolute atomic E-state index is 12.3. The van der Waals surface area contributed by atoms with Crippen molar-refractivity contribution in [2.75, 3.05) is 6.61 Å². The van der Waals surface area contributed by atoms with Crippen molar-refractivity contribution in [3.05, 3.63) is 87.7 Å². The zero-order valence-corrected chi connectivity index (χ0v) is 20.4. The molecule has 0 bridgehead atoms. The van der Waals surface area contributed by atoms with Crippen molar-refractivity contribution < 1.29 is 9.15 Å². The number of hydrogen-bond donors (Lipinski definition) is 0. The Morgan fingerprint density at radius 3 is 2.74 bits per heavy atom. The SMILES string of the molecule is O=c1cc(CSc2nnc(-c3ccc(Cl)cc3)n2C[C@@H]2CCCO2)c2c(ccc3ccccc32)o1. The summed E-state index contributed by atoms with van der Waals surface area (Å²) in [6.45, 7) is 1.46. The second kappa shape index (κ2) is 9.49. The van der Waals surface area contributed by atoms with Crippen LogP contribution in [0.15, 0.2) is 81.1 Å². The molecule has 0 unspecified atom stereocenters. The Hall–Kier alpha value is -3.13. The predicted octanol–water partition coefficient (Wildman–Crippen LogP) is 6.33. The third-order valence-corrected chi connectivity index (χ3v) is 7.57. The number of aromatic nitrogens is 3. The molecule has 1 atom stereocenters. The van der Waals surface area contributed by atoms with Crippen molar-refractivity contribution in [2.45, 2.75) is 36.4 Å². The minimum atomic E-state index is -0.356. The van der Waals surface area contributed by atoms with Gasteiger partial charge in [0.1, 0.15) is 5.58 Å². The van der Waals surface area contributed by atoms with E-state index in [2.05, 4.69) is 26.9 Å². The van der Waals surface area contributed by atoms with Crippen LogP contribution in [0.2, 0.25) is 5.02 Å². The standard InChI is InChI=1S/C27H22ClN3O3S/c28-20-10-7-18(8-11-20)26-29-30-27(31(26)15-21-5-3-13-33-21)35-16-19-14-24(32)34-23-12-9-17-4-1-2-6-22(17)25(19)23/h1-2,4,6-12,14,21H,3,5,13,15-16H2/t21-/m0/s1. The molecular weight excluding hydrogens is 482 g/mol. The Morgan fingerprint density at radius 2 is 1.91 bits per heavy atom. The molecule has 3 heterocycles. The van der Waals surface area contributed by atoms with E-state index in [1.54, 1.807) is 17.8 Å². The minimum Gasteiger partial charge on any atom is -0.423 e. The van der Waals surface area contributed by atoms with Gasteiger partial charge in [-0.2, -0.15) is 0 Å². The zero-order chi connectivity index (χ0) is 23.8. The van der Waals surface area contributed by atoms with Crippen molar-refractivity contribution in [2.24, 2.45) is 0 Å². The normalized spacial score (nSPS) is 15.9. The monoisotopic (exact) mass is 503 g/mol. The van der Waals surface area contributed by atoms with Crippen molar-refractivity contribution in [1.29, 1.82) is 0 Å². The Bertz CT molecular complexity index is 1570. The van der Waals surface area contributed by atoms with Gasteiger partial charge >= 0.3 is 5.63 Å². The summed E-state index contributed by atoms with van der Waals surface area (Å²) in [7, 11) is 0. The largest absolute Gasteiger partial charge is 0.423 e. The van der Waals surface area contributed by atoms with E-state index in [0.29, 0.717) is 22.9 Å². The summed E-state index contributed by atoms with van der Waals surface area (Å²) in [5.74, 6) is 1.34. The third-order valence-electron chi connectivity index (χ3n) is 6.30. The maximum atomic E-state index is 12.3. The van der Waals surface area contributed by atoms with Crippen LogP contribution in [0.3, 0.4) is 0 Å². The molecule has 0 aliphatic carbocycles. The molecule has 8 heteroatoms. The minimum absolute atomic E-state index is 0.130. The molecule has 0 N–H and O–H groups in total. The predicted molar refractivity (Wildman–Crippen MR) is 139 cm³/mol. The lowest BCUT2D eigenvalue weighted by molar-refractivity contribution is 0.0953. The number of fused-ring (bicyclic) bond motifs is 3. The second-order valence-electron chi connectivity index (χ2n) is 8.60. The van der Waals surface area contributed by atoms with Crippen molar-refractivity contribution in [1.82, 2.24) is 14.8 Å². The highest BCUT2D eigenvalue weighted by molar-refractivity contribution is 7.98. The third kappa shape index (κ3) is 4.47. The highest BCUT2D eigenvalue weighted by Crippen LogP contribution is 2.33. The zero-order valence-electron chi connectivity index (χ0n) is 18.8. The van der Waals surface area contributed by atoms with Crippen LogP contribution in [0, 0.1) is 0 Å². The van der Waals surface area contributed by atoms with E-state index >= 15 is 0 Å². The average Bonchev–Trinajstić information content (AvgIpc) is 3.53. The molecule has 0 spiro atoms. The van der Waals surface area contributed by atoms with Crippen LogP contribution >= 0.6 is 23.4 Å². The highest BCUT2D eigenvalue weighted by Gasteiger charge is 2.22. The van der Waals surface area contributed by atoms with Crippen LogP contribution in [-0.4, -0.2) is 27.5 Å². The van der Waals surface area contributed by atoms with E-state index in [0.717, 1.165) is 57.7 Å². The fourth-order valence-corrected chi connectivity index (χ4v) is 5.69. The molecule has 1 fully saturated rings. The molecule has 1 aliphatic heterocycles. The van der Waals surface area contributed by atoms with Crippen LogP contribution in [0.1, 0.15) is 18.4 Å². The first-order valence-electron chi connectivity index (χ1n) is 11.5. The van der Waals surface area contributed by atoms with Crippen LogP contribution in [-0.2, 0) is 17.0 Å². The van der Waals surface area contributed by atoms with E-state index in [-0.39, 0.29) is 11.7 Å². The molecular formula is C27H22ClN3O3S. The van der Waals surface area contributed by atoms with E-state index in [9.17, 15) is 4.79 Å². The summed E-state index contributed by atoms with van der Waals surface area (Å²) in [6, 6.07) is 21.2. The first-order valence-corrected chi connectivity index (χ1v) is 12.9. The van der Waals surface area contributed by atoms with Gasteiger partial charge in [0, 0.05) is 34.4 Å². The molecule has 6 rings (SSSR count). The van der Waals surface area contributed by atoms with Gasteiger partial charge in [0.2, 0.25) is 0 Å². The fraction of sp³-hybridized carbons (Fsp3) is 0.222. The van der Waals surface area contributed by atoms with E-state index in [4.69, 9.17) is 20.8 Å². The quantitative estimate of drug-likeness (QED) is 0.153. The van der Waals surface area contributed by atoms with Gasteiger partial charge in [-0.1, -0.05) is 53.7 Å². The smallest absolute Gasteiger partial charge is 0.336 e. The summed E-state index contributed by atoms with van der Waals surface area (Å²) in [5, 5.41) is 13.6. The van der Waals surface area contributed by atoms with Gasteiger partial charge < -0.3 is 9.15 Å². The molecule has 2 aromatic heterocycles. The molecule has 6 nitrogen and oxygen atoms in total. The summed E-state index contributed by atoms with van der Waals surface area (Å²) in [4.78, 5) is 12.3. The molecule has 3 aromatic carbocycles. The maximum Gasteiger partial charge on any atom is 0.336 e. The lowest BCUT2D eigenvalue weighted by atomic mass is 10.0. The topological polar surface area (TPSA) is 70.2 Å². The molecule has 0 saturated carbocycles. The number of ether oxygens (including phenoxy) is 1. The molecule has 0 amide bonds. The number of hydrogen-bond acceptors (Lipinski definition) is 6. The number of thioether (sulfide) groups is 1. The van der Waals surface area contributed by atoms with Crippen LogP contribution in [0.25, 0.3) is 33.1 Å². The van der Waals surface area contributed by atoms with Crippen LogP contribution < -0.4 is 5.63 Å². The Kier molecular flexibility index (Phi) is 6.06. The number of halogens is 1. The van der Waals surface area contributed by atoms with Gasteiger partial charge in [-0.15, -0.1) is 10.2 Å². The molecule has 5 aromatic rings. The summed E-state index contributed by atoms with van der Waals surface area (Å²) < 4.78 is 13.6. The van der Waals surface area contributed by atoms with Gasteiger partial charge in [0.25, 0.3) is 0 Å². The fourth-order valence-electron chi connectivity index (χ4n) is 4.64. The molecule has 0 radical (unpaired) electrons. The first-order chi connectivity index (χ1) is 17.2. The lowest BCUT2D eigenvalue weighted by Gasteiger charge is -2.15. The van der Waals surface area contributed by atoms with E-state index < -0.39 is 0 Å². The first kappa shape index (κ1) is 22.3. The van der Waals surface area contributed by atoms with Crippen molar-refractivity contribution in [3.63, 3.8) is 0 Å². The van der Waals surface area contributed by atoms with Gasteiger partial charge in [-0.25, -0.2) is 4.79 Å². The Labute approximate surface area is 210 Å². The van der Waals surface area contributed by atoms with Crippen molar-refractivity contribution in [3.8, 4) is 11.4 Å². The Balaban J connectivity index is 1.39. The summed E-state index contributed by atoms with van der Waals surface area (Å²) in [5.41, 5.74) is 2.10. The molecule has 1 saturated heterocycles. The second-order valence-corrected chi connectivity index (χ2v) is 9.98. The lowest BCUT2D eigenvalue weighted by Crippen LogP contribution is -2.16. The molecule has 35 heavy (non-hydrogen) atoms. The summed E-state index contributed by atoms with van der Waals surface area (Å²) >= 11 is 7.66. The average molecular weight is 504 g/mol. The highest BCUT2D eigenvalue weighted by atomic mass is 35.5. The van der Waals surface area contributed by atoms with Gasteiger partial charge in [0.15, 0.2) is 11.0 Å². The van der Waals surface area contributed by atoms with Crippen LogP contribution in [0.5, 0.6) is 0 Å². The molecule has 1 aliphatic rings. The number of benzene rings is 3. The van der Waals surface area contributed by atoms with Crippen LogP contribution in [0.4, 0.5) is 0 Å². The van der Waals surface area contributed by atoms with Gasteiger partial charge in [-0.05, 0) is 59.5 Å². The number of rotatable bonds is 6.